The van der Waals surface area contributed by atoms with Gasteiger partial charge in [0.2, 0.25) is 0 Å². The van der Waals surface area contributed by atoms with Crippen LogP contribution in [0.5, 0.6) is 0 Å². The van der Waals surface area contributed by atoms with Crippen molar-refractivity contribution in [2.24, 2.45) is 0 Å². The number of carbonyl (C=O) groups excluding carboxylic acids is 1. The molecule has 3 aromatic carbocycles. The van der Waals surface area contributed by atoms with Gasteiger partial charge in [0.1, 0.15) is 5.78 Å². The van der Waals surface area contributed by atoms with E-state index in [1.54, 1.807) is 11.0 Å². The molecule has 0 radical (unpaired) electrons. The molecule has 6 heteroatoms. The molecule has 1 aliphatic heterocycles. The predicted octanol–water partition coefficient (Wildman–Crippen LogP) is 3.77. The number of nitrogens with zero attached hydrogens (tertiary/aromatic N) is 1. The first-order chi connectivity index (χ1) is 14.6. The van der Waals surface area contributed by atoms with Gasteiger partial charge in [-0.15, -0.1) is 0 Å². The van der Waals surface area contributed by atoms with E-state index in [0.29, 0.717) is 16.2 Å². The fraction of sp³-hybridized carbons (Fsp3) is 0.208. The summed E-state index contributed by atoms with van der Waals surface area (Å²) in [4.78, 5) is 15.0. The van der Waals surface area contributed by atoms with Crippen LogP contribution in [0.2, 0.25) is 0 Å². The van der Waals surface area contributed by atoms with Gasteiger partial charge in [-0.25, -0.2) is 0 Å². The molecule has 0 saturated carbocycles. The molecule has 0 spiro atoms. The van der Waals surface area contributed by atoms with Gasteiger partial charge < -0.3 is 18.9 Å². The highest BCUT2D eigenvalue weighted by Gasteiger charge is 2.49. The molecule has 0 bridgehead atoms. The number of fused-ring (bicyclic) bond motifs is 1. The fourth-order valence-electron chi connectivity index (χ4n) is 4.06. The van der Waals surface area contributed by atoms with Crippen molar-refractivity contribution in [3.8, 4) is 0 Å². The van der Waals surface area contributed by atoms with Crippen LogP contribution < -0.4 is 10.6 Å². The first-order valence-electron chi connectivity index (χ1n) is 9.77. The normalized spacial score (nSPS) is 16.2. The van der Waals surface area contributed by atoms with E-state index >= 15 is 4.57 Å². The molecule has 3 aromatic rings. The first kappa shape index (κ1) is 20.5. The topological polar surface area (TPSA) is 55.8 Å². The molecule has 1 unspecified atom stereocenters. The molecule has 0 fully saturated rings. The van der Waals surface area contributed by atoms with Crippen LogP contribution in [-0.4, -0.2) is 37.9 Å². The minimum Gasteiger partial charge on any atom is -0.354 e. The summed E-state index contributed by atoms with van der Waals surface area (Å²) >= 11 is 0. The van der Waals surface area contributed by atoms with E-state index in [9.17, 15) is 4.79 Å². The van der Waals surface area contributed by atoms with E-state index in [1.165, 1.54) is 14.2 Å². The Labute approximate surface area is 176 Å². The molecule has 1 heterocycles. The van der Waals surface area contributed by atoms with Gasteiger partial charge in [-0.3, -0.25) is 4.79 Å². The van der Waals surface area contributed by atoms with Gasteiger partial charge in [0.15, 0.2) is 13.4 Å². The second-order valence-corrected chi connectivity index (χ2v) is 9.99. The Morgan fingerprint density at radius 3 is 1.87 bits per heavy atom. The molecule has 1 aliphatic rings. The van der Waals surface area contributed by atoms with Crippen molar-refractivity contribution in [1.29, 1.82) is 0 Å². The summed E-state index contributed by atoms with van der Waals surface area (Å²) in [5.74, 6) is -0.805. The molecule has 0 aromatic heterocycles. The fourth-order valence-corrected chi connectivity index (χ4v) is 7.36. The third-order valence-electron chi connectivity index (χ3n) is 5.52. The van der Waals surface area contributed by atoms with Crippen LogP contribution in [0, 0.1) is 0 Å². The van der Waals surface area contributed by atoms with E-state index in [4.69, 9.17) is 9.47 Å². The maximum absolute atomic E-state index is 15.0. The van der Waals surface area contributed by atoms with Crippen molar-refractivity contribution in [3.63, 3.8) is 0 Å². The number of amides is 1. The van der Waals surface area contributed by atoms with Crippen molar-refractivity contribution in [2.75, 3.05) is 20.8 Å². The summed E-state index contributed by atoms with van der Waals surface area (Å²) in [7, 11) is -0.216. The van der Waals surface area contributed by atoms with Crippen LogP contribution >= 0.6 is 7.14 Å². The quantitative estimate of drug-likeness (QED) is 0.431. The van der Waals surface area contributed by atoms with E-state index in [0.717, 1.165) is 5.56 Å². The van der Waals surface area contributed by atoms with E-state index < -0.39 is 19.2 Å². The van der Waals surface area contributed by atoms with Gasteiger partial charge in [-0.05, 0) is 11.6 Å². The van der Waals surface area contributed by atoms with Gasteiger partial charge in [0.05, 0.1) is 6.54 Å². The summed E-state index contributed by atoms with van der Waals surface area (Å²) in [5.41, 5.74) is 1.34. The lowest BCUT2D eigenvalue weighted by atomic mass is 10.1. The van der Waals surface area contributed by atoms with Crippen LogP contribution in [0.25, 0.3) is 0 Å². The summed E-state index contributed by atoms with van der Waals surface area (Å²) in [6.07, 6.45) is -0.620. The van der Waals surface area contributed by atoms with Crippen molar-refractivity contribution in [2.45, 2.75) is 12.1 Å². The van der Waals surface area contributed by atoms with Crippen molar-refractivity contribution in [3.05, 3.63) is 96.1 Å². The molecule has 5 nitrogen and oxygen atoms in total. The lowest BCUT2D eigenvalue weighted by Crippen LogP contribution is -2.39. The minimum absolute atomic E-state index is 0.165. The molecule has 0 N–H and O–H groups in total. The standard InChI is InChI=1S/C24H24NO4P/c1-28-22(29-2)17-25-23(26)20-15-9-10-16-21(20)24(25)30(27,18-11-5-3-6-12-18)19-13-7-4-8-14-19/h3-16,22,24H,17H2,1-2H3. The second kappa shape index (κ2) is 8.57. The Morgan fingerprint density at radius 2 is 1.33 bits per heavy atom. The molecule has 1 amide bonds. The molecular formula is C24H24NO4P. The minimum atomic E-state index is -3.28. The number of ether oxygens (including phenoxy) is 2. The molecule has 0 saturated heterocycles. The number of hydrogen-bond acceptors (Lipinski definition) is 4. The van der Waals surface area contributed by atoms with Gasteiger partial charge in [-0.1, -0.05) is 78.9 Å². The lowest BCUT2D eigenvalue weighted by molar-refractivity contribution is -0.112. The smallest absolute Gasteiger partial charge is 0.255 e. The number of benzene rings is 3. The SMILES string of the molecule is COC(CN1C(=O)c2ccccc2C1P(=O)(c1ccccc1)c1ccccc1)OC. The Balaban J connectivity index is 1.95. The van der Waals surface area contributed by atoms with Crippen molar-refractivity contribution < 1.29 is 18.8 Å². The Hall–Kier alpha value is -2.72. The number of methoxy groups -OCH3 is 2. The highest BCUT2D eigenvalue weighted by molar-refractivity contribution is 7.79. The zero-order chi connectivity index (χ0) is 21.1. The Kier molecular flexibility index (Phi) is 5.87. The molecule has 30 heavy (non-hydrogen) atoms. The van der Waals surface area contributed by atoms with E-state index in [1.807, 2.05) is 78.9 Å². The van der Waals surface area contributed by atoms with Crippen LogP contribution in [-0.2, 0) is 14.0 Å². The number of carbonyl (C=O) groups is 1. The summed E-state index contributed by atoms with van der Waals surface area (Å²) in [5, 5.41) is 1.42. The zero-order valence-electron chi connectivity index (χ0n) is 17.0. The number of hydrogen-bond donors (Lipinski definition) is 0. The third kappa shape index (κ3) is 3.39. The lowest BCUT2D eigenvalue weighted by Gasteiger charge is -2.34. The summed E-state index contributed by atoms with van der Waals surface area (Å²) in [6.45, 7) is 0.175. The number of rotatable bonds is 7. The summed E-state index contributed by atoms with van der Waals surface area (Å²) < 4.78 is 25.8. The van der Waals surface area contributed by atoms with Crippen LogP contribution in [0.3, 0.4) is 0 Å². The average molecular weight is 421 g/mol. The van der Waals surface area contributed by atoms with Crippen LogP contribution in [0.15, 0.2) is 84.9 Å². The zero-order valence-corrected chi connectivity index (χ0v) is 17.9. The average Bonchev–Trinajstić information content (AvgIpc) is 3.10. The maximum atomic E-state index is 15.0. The van der Waals surface area contributed by atoms with E-state index in [2.05, 4.69) is 0 Å². The molecule has 154 valence electrons. The van der Waals surface area contributed by atoms with Crippen molar-refractivity contribution in [1.82, 2.24) is 4.90 Å². The summed E-state index contributed by atoms with van der Waals surface area (Å²) in [6, 6.07) is 26.2. The monoisotopic (exact) mass is 421 g/mol. The van der Waals surface area contributed by atoms with Crippen LogP contribution in [0.4, 0.5) is 0 Å². The van der Waals surface area contributed by atoms with Gasteiger partial charge in [-0.2, -0.15) is 0 Å². The maximum Gasteiger partial charge on any atom is 0.255 e. The van der Waals surface area contributed by atoms with Crippen LogP contribution in [0.1, 0.15) is 21.7 Å². The van der Waals surface area contributed by atoms with Crippen molar-refractivity contribution >= 4 is 23.7 Å². The van der Waals surface area contributed by atoms with Gasteiger partial charge in [0, 0.05) is 30.4 Å². The first-order valence-corrected chi connectivity index (χ1v) is 11.5. The van der Waals surface area contributed by atoms with Gasteiger partial charge >= 0.3 is 0 Å². The molecule has 4 rings (SSSR count). The Bertz CT molecular complexity index is 1020. The highest BCUT2D eigenvalue weighted by Crippen LogP contribution is 2.61. The second-order valence-electron chi connectivity index (χ2n) is 7.15. The highest BCUT2D eigenvalue weighted by atomic mass is 31.2. The predicted molar refractivity (Wildman–Crippen MR) is 118 cm³/mol. The molecule has 1 atom stereocenters. The molecular weight excluding hydrogens is 397 g/mol. The third-order valence-corrected chi connectivity index (χ3v) is 8.90. The largest absolute Gasteiger partial charge is 0.354 e. The van der Waals surface area contributed by atoms with Gasteiger partial charge in [0.25, 0.3) is 5.91 Å². The van der Waals surface area contributed by atoms with E-state index in [-0.39, 0.29) is 12.5 Å². The molecule has 0 aliphatic carbocycles. The Morgan fingerprint density at radius 1 is 0.833 bits per heavy atom.